The van der Waals surface area contributed by atoms with Gasteiger partial charge in [0.2, 0.25) is 5.91 Å². The van der Waals surface area contributed by atoms with Crippen molar-refractivity contribution in [3.8, 4) is 0 Å². The number of azide groups is 1. The monoisotopic (exact) mass is 257 g/mol. The molecule has 0 aliphatic heterocycles. The molecule has 0 unspecified atom stereocenters. The van der Waals surface area contributed by atoms with E-state index in [1.165, 1.54) is 0 Å². The lowest BCUT2D eigenvalue weighted by Gasteiger charge is -2.21. The van der Waals surface area contributed by atoms with Crippen LogP contribution in [0.15, 0.2) is 23.3 Å². The van der Waals surface area contributed by atoms with E-state index >= 15 is 0 Å². The second-order valence-corrected chi connectivity index (χ2v) is 4.56. The number of nitrogens with zero attached hydrogens (tertiary/aromatic N) is 3. The number of carbonyl (C=O) groups is 1. The summed E-state index contributed by atoms with van der Waals surface area (Å²) >= 11 is 11.6. The molecule has 4 nitrogen and oxygen atoms in total. The third kappa shape index (κ3) is 2.47. The minimum atomic E-state index is -0.916. The second-order valence-electron chi connectivity index (χ2n) is 3.75. The SMILES string of the molecule is CC(C)(C(=O)N=[N+]=[N-])c1ccc(Cl)c(Cl)c1. The Hall–Kier alpha value is -1.22. The van der Waals surface area contributed by atoms with E-state index in [9.17, 15) is 4.79 Å². The Labute approximate surface area is 103 Å². The average Bonchev–Trinajstić information content (AvgIpc) is 2.22. The molecule has 84 valence electrons. The van der Waals surface area contributed by atoms with Crippen LogP contribution in [0.3, 0.4) is 0 Å². The van der Waals surface area contributed by atoms with Gasteiger partial charge in [-0.15, -0.1) is 0 Å². The van der Waals surface area contributed by atoms with Crippen molar-refractivity contribution in [2.75, 3.05) is 0 Å². The molecule has 0 aliphatic rings. The van der Waals surface area contributed by atoms with Crippen LogP contribution < -0.4 is 0 Å². The summed E-state index contributed by atoms with van der Waals surface area (Å²) in [5.74, 6) is -0.562. The summed E-state index contributed by atoms with van der Waals surface area (Å²) in [5.41, 5.74) is 7.97. The highest BCUT2D eigenvalue weighted by molar-refractivity contribution is 6.42. The minimum absolute atomic E-state index is 0.362. The van der Waals surface area contributed by atoms with Crippen molar-refractivity contribution in [2.45, 2.75) is 19.3 Å². The van der Waals surface area contributed by atoms with Crippen LogP contribution in [0.1, 0.15) is 19.4 Å². The summed E-state index contributed by atoms with van der Waals surface area (Å²) in [6, 6.07) is 4.87. The van der Waals surface area contributed by atoms with Gasteiger partial charge >= 0.3 is 0 Å². The van der Waals surface area contributed by atoms with E-state index < -0.39 is 11.3 Å². The first-order chi connectivity index (χ1) is 7.39. The Balaban J connectivity index is 3.21. The maximum Gasteiger partial charge on any atom is 0.228 e. The number of amides is 1. The molecule has 0 saturated heterocycles. The lowest BCUT2D eigenvalue weighted by Crippen LogP contribution is -2.26. The maximum atomic E-state index is 11.6. The number of carbonyl (C=O) groups excluding carboxylic acids is 1. The van der Waals surface area contributed by atoms with E-state index in [2.05, 4.69) is 10.0 Å². The lowest BCUT2D eigenvalue weighted by atomic mass is 9.84. The van der Waals surface area contributed by atoms with E-state index in [1.54, 1.807) is 32.0 Å². The van der Waals surface area contributed by atoms with Crippen LogP contribution in [0.25, 0.3) is 10.4 Å². The molecule has 0 aliphatic carbocycles. The van der Waals surface area contributed by atoms with Gasteiger partial charge in [-0.05, 0) is 42.2 Å². The van der Waals surface area contributed by atoms with Gasteiger partial charge < -0.3 is 0 Å². The van der Waals surface area contributed by atoms with E-state index in [1.807, 2.05) is 0 Å². The first kappa shape index (κ1) is 12.8. The zero-order chi connectivity index (χ0) is 12.3. The largest absolute Gasteiger partial charge is 0.292 e. The highest BCUT2D eigenvalue weighted by Crippen LogP contribution is 2.30. The summed E-state index contributed by atoms with van der Waals surface area (Å²) in [6.07, 6.45) is 0. The van der Waals surface area contributed by atoms with Crippen molar-refractivity contribution < 1.29 is 4.79 Å². The van der Waals surface area contributed by atoms with Gasteiger partial charge in [-0.2, -0.15) is 0 Å². The van der Waals surface area contributed by atoms with Crippen LogP contribution in [0.2, 0.25) is 10.0 Å². The highest BCUT2D eigenvalue weighted by Gasteiger charge is 2.29. The van der Waals surface area contributed by atoms with Crippen molar-refractivity contribution in [3.05, 3.63) is 44.3 Å². The van der Waals surface area contributed by atoms with Gasteiger partial charge in [-0.3, -0.25) is 4.79 Å². The Morgan fingerprint density at radius 1 is 1.38 bits per heavy atom. The molecule has 1 aromatic rings. The lowest BCUT2D eigenvalue weighted by molar-refractivity contribution is -0.122. The number of rotatable bonds is 2. The summed E-state index contributed by atoms with van der Waals surface area (Å²) in [6.45, 7) is 3.31. The number of hydrogen-bond acceptors (Lipinski definition) is 1. The minimum Gasteiger partial charge on any atom is -0.292 e. The van der Waals surface area contributed by atoms with Crippen LogP contribution >= 0.6 is 23.2 Å². The molecule has 1 rings (SSSR count). The molecule has 0 radical (unpaired) electrons. The van der Waals surface area contributed by atoms with Crippen molar-refractivity contribution >= 4 is 29.1 Å². The molecular weight excluding hydrogens is 249 g/mol. The molecule has 0 bridgehead atoms. The van der Waals surface area contributed by atoms with Crippen LogP contribution in [0.5, 0.6) is 0 Å². The van der Waals surface area contributed by atoms with E-state index in [0.717, 1.165) is 0 Å². The fraction of sp³-hybridized carbons (Fsp3) is 0.300. The molecule has 0 N–H and O–H groups in total. The first-order valence-electron chi connectivity index (χ1n) is 4.44. The fourth-order valence-electron chi connectivity index (χ4n) is 1.17. The first-order valence-corrected chi connectivity index (χ1v) is 5.20. The van der Waals surface area contributed by atoms with Gasteiger partial charge in [0.25, 0.3) is 0 Å². The molecule has 0 atom stereocenters. The number of benzene rings is 1. The van der Waals surface area contributed by atoms with Crippen LogP contribution in [0.4, 0.5) is 0 Å². The van der Waals surface area contributed by atoms with Gasteiger partial charge in [0.1, 0.15) is 0 Å². The quantitative estimate of drug-likeness (QED) is 0.447. The second kappa shape index (κ2) is 4.74. The molecule has 0 heterocycles. The van der Waals surface area contributed by atoms with E-state index in [4.69, 9.17) is 28.7 Å². The third-order valence-electron chi connectivity index (χ3n) is 2.31. The van der Waals surface area contributed by atoms with E-state index in [-0.39, 0.29) is 0 Å². The van der Waals surface area contributed by atoms with E-state index in [0.29, 0.717) is 15.6 Å². The van der Waals surface area contributed by atoms with Crippen molar-refractivity contribution in [3.63, 3.8) is 0 Å². The Bertz CT molecular complexity index is 479. The molecule has 0 spiro atoms. The highest BCUT2D eigenvalue weighted by atomic mass is 35.5. The molecule has 16 heavy (non-hydrogen) atoms. The predicted octanol–water partition coefficient (Wildman–Crippen LogP) is 4.11. The zero-order valence-electron chi connectivity index (χ0n) is 8.74. The van der Waals surface area contributed by atoms with Crippen molar-refractivity contribution in [1.82, 2.24) is 0 Å². The molecule has 0 saturated carbocycles. The molecule has 1 aromatic carbocycles. The molecule has 6 heteroatoms. The van der Waals surface area contributed by atoms with Crippen molar-refractivity contribution in [1.29, 1.82) is 0 Å². The summed E-state index contributed by atoms with van der Waals surface area (Å²) in [7, 11) is 0. The number of halogens is 2. The van der Waals surface area contributed by atoms with Gasteiger partial charge in [-0.1, -0.05) is 29.3 Å². The molecule has 0 aromatic heterocycles. The predicted molar refractivity (Wildman–Crippen MR) is 63.6 cm³/mol. The van der Waals surface area contributed by atoms with Crippen molar-refractivity contribution in [2.24, 2.45) is 5.11 Å². The van der Waals surface area contributed by atoms with Gasteiger partial charge in [0, 0.05) is 4.91 Å². The summed E-state index contributed by atoms with van der Waals surface area (Å²) in [5, 5.41) is 3.87. The zero-order valence-corrected chi connectivity index (χ0v) is 10.2. The van der Waals surface area contributed by atoms with Gasteiger partial charge in [-0.25, -0.2) is 0 Å². The maximum absolute atomic E-state index is 11.6. The van der Waals surface area contributed by atoms with Gasteiger partial charge in [0.05, 0.1) is 15.5 Å². The summed E-state index contributed by atoms with van der Waals surface area (Å²) < 4.78 is 0. The van der Waals surface area contributed by atoms with Crippen LogP contribution in [-0.4, -0.2) is 5.91 Å². The Kier molecular flexibility index (Phi) is 3.81. The fourth-order valence-corrected chi connectivity index (χ4v) is 1.47. The smallest absolute Gasteiger partial charge is 0.228 e. The normalized spacial score (nSPS) is 10.8. The van der Waals surface area contributed by atoms with Gasteiger partial charge in [0.15, 0.2) is 0 Å². The Morgan fingerprint density at radius 2 is 2.00 bits per heavy atom. The standard InChI is InChI=1S/C10H9Cl2N3O/c1-10(2,9(16)14-15-13)6-3-4-7(11)8(12)5-6/h3-5H,1-2H3. The van der Waals surface area contributed by atoms with Crippen LogP contribution in [0, 0.1) is 0 Å². The van der Waals surface area contributed by atoms with Crippen LogP contribution in [-0.2, 0) is 10.2 Å². The molecule has 1 amide bonds. The topological polar surface area (TPSA) is 65.8 Å². The molecular formula is C10H9Cl2N3O. The number of hydrogen-bond donors (Lipinski definition) is 0. The third-order valence-corrected chi connectivity index (χ3v) is 3.05. The summed E-state index contributed by atoms with van der Waals surface area (Å²) in [4.78, 5) is 14.0. The Morgan fingerprint density at radius 3 is 2.50 bits per heavy atom. The average molecular weight is 258 g/mol. The molecule has 0 fully saturated rings.